The normalized spacial score (nSPS) is 15.0. The molecule has 0 saturated heterocycles. The Morgan fingerprint density at radius 1 is 1.33 bits per heavy atom. The lowest BCUT2D eigenvalue weighted by atomic mass is 10.0. The number of thiophene rings is 1. The van der Waals surface area contributed by atoms with Gasteiger partial charge >= 0.3 is 0 Å². The van der Waals surface area contributed by atoms with Crippen LogP contribution in [0.4, 0.5) is 0 Å². The number of benzene rings is 1. The Kier molecular flexibility index (Phi) is 4.08. The smallest absolute Gasteiger partial charge is 0.223 e. The zero-order valence-electron chi connectivity index (χ0n) is 12.1. The number of amides is 1. The van der Waals surface area contributed by atoms with Crippen LogP contribution in [0.2, 0.25) is 0 Å². The topological polar surface area (TPSA) is 40.5 Å². The third kappa shape index (κ3) is 2.87. The predicted molar refractivity (Wildman–Crippen MR) is 84.0 cm³/mol. The number of fused-ring (bicyclic) bond motifs is 1. The van der Waals surface area contributed by atoms with Crippen LogP contribution in [0.15, 0.2) is 35.7 Å². The Hall–Kier alpha value is -1.65. The third-order valence-corrected chi connectivity index (χ3v) is 4.82. The molecule has 1 aliphatic heterocycles. The second kappa shape index (κ2) is 6.00. The molecule has 4 heteroatoms. The largest absolute Gasteiger partial charge is 0.383 e. The first-order valence-corrected chi connectivity index (χ1v) is 8.18. The van der Waals surface area contributed by atoms with Crippen molar-refractivity contribution in [2.24, 2.45) is 0 Å². The van der Waals surface area contributed by atoms with Gasteiger partial charge in [0.1, 0.15) is 6.10 Å². The fourth-order valence-corrected chi connectivity index (χ4v) is 3.48. The fourth-order valence-electron chi connectivity index (χ4n) is 2.74. The molecule has 1 aromatic carbocycles. The van der Waals surface area contributed by atoms with Crippen molar-refractivity contribution >= 4 is 17.2 Å². The maximum absolute atomic E-state index is 12.0. The van der Waals surface area contributed by atoms with Gasteiger partial charge in [0, 0.05) is 24.4 Å². The molecule has 1 amide bonds. The van der Waals surface area contributed by atoms with Gasteiger partial charge in [-0.15, -0.1) is 11.3 Å². The van der Waals surface area contributed by atoms with Gasteiger partial charge in [-0.1, -0.05) is 31.2 Å². The first-order valence-electron chi connectivity index (χ1n) is 7.30. The number of carbonyl (C=O) groups excluding carboxylic acids is 1. The SMILES string of the molecule is CCCC(=O)N1Cc2ccc(C(O)c3cccs3)cc2C1. The summed E-state index contributed by atoms with van der Waals surface area (Å²) in [7, 11) is 0. The molecular weight excluding hydrogens is 282 g/mol. The van der Waals surface area contributed by atoms with Gasteiger partial charge < -0.3 is 10.0 Å². The number of aliphatic hydroxyl groups excluding tert-OH is 1. The van der Waals surface area contributed by atoms with Crippen LogP contribution in [-0.2, 0) is 17.9 Å². The molecule has 0 radical (unpaired) electrons. The monoisotopic (exact) mass is 301 g/mol. The van der Waals surface area contributed by atoms with Crippen LogP contribution >= 0.6 is 11.3 Å². The summed E-state index contributed by atoms with van der Waals surface area (Å²) < 4.78 is 0. The van der Waals surface area contributed by atoms with Crippen molar-refractivity contribution in [3.8, 4) is 0 Å². The van der Waals surface area contributed by atoms with Gasteiger partial charge in [-0.3, -0.25) is 4.79 Å². The van der Waals surface area contributed by atoms with Gasteiger partial charge in [0.2, 0.25) is 5.91 Å². The molecule has 2 aromatic rings. The van der Waals surface area contributed by atoms with E-state index in [0.29, 0.717) is 19.5 Å². The van der Waals surface area contributed by atoms with E-state index in [9.17, 15) is 9.90 Å². The van der Waals surface area contributed by atoms with Crippen molar-refractivity contribution < 1.29 is 9.90 Å². The molecule has 0 bridgehead atoms. The summed E-state index contributed by atoms with van der Waals surface area (Å²) in [6, 6.07) is 9.94. The van der Waals surface area contributed by atoms with Crippen molar-refractivity contribution in [2.45, 2.75) is 39.0 Å². The first kappa shape index (κ1) is 14.3. The molecular formula is C17H19NO2S. The molecule has 3 rings (SSSR count). The van der Waals surface area contributed by atoms with E-state index < -0.39 is 6.10 Å². The summed E-state index contributed by atoms with van der Waals surface area (Å²) in [5.41, 5.74) is 3.26. The number of carbonyl (C=O) groups is 1. The van der Waals surface area contributed by atoms with E-state index in [4.69, 9.17) is 0 Å². The van der Waals surface area contributed by atoms with Crippen molar-refractivity contribution in [3.05, 3.63) is 57.3 Å². The highest BCUT2D eigenvalue weighted by Gasteiger charge is 2.24. The summed E-state index contributed by atoms with van der Waals surface area (Å²) in [6.45, 7) is 3.39. The highest BCUT2D eigenvalue weighted by atomic mass is 32.1. The molecule has 21 heavy (non-hydrogen) atoms. The van der Waals surface area contributed by atoms with E-state index in [0.717, 1.165) is 22.4 Å². The van der Waals surface area contributed by atoms with Crippen LogP contribution in [0, 0.1) is 0 Å². The summed E-state index contributed by atoms with van der Waals surface area (Å²) in [5, 5.41) is 12.4. The van der Waals surface area contributed by atoms with Gasteiger partial charge in [-0.05, 0) is 34.6 Å². The van der Waals surface area contributed by atoms with Crippen molar-refractivity contribution in [3.63, 3.8) is 0 Å². The molecule has 1 unspecified atom stereocenters. The summed E-state index contributed by atoms with van der Waals surface area (Å²) in [4.78, 5) is 14.8. The molecule has 2 heterocycles. The van der Waals surface area contributed by atoms with Crippen LogP contribution in [0.1, 0.15) is 47.4 Å². The number of rotatable bonds is 4. The fraction of sp³-hybridized carbons (Fsp3) is 0.353. The lowest BCUT2D eigenvalue weighted by Crippen LogP contribution is -2.24. The van der Waals surface area contributed by atoms with E-state index >= 15 is 0 Å². The molecule has 1 aliphatic rings. The molecule has 3 nitrogen and oxygen atoms in total. The Morgan fingerprint density at radius 2 is 2.14 bits per heavy atom. The minimum absolute atomic E-state index is 0.217. The van der Waals surface area contributed by atoms with Gasteiger partial charge in [0.05, 0.1) is 0 Å². The van der Waals surface area contributed by atoms with E-state index in [2.05, 4.69) is 0 Å². The molecule has 0 spiro atoms. The number of hydrogen-bond acceptors (Lipinski definition) is 3. The molecule has 1 N–H and O–H groups in total. The highest BCUT2D eigenvalue weighted by Crippen LogP contribution is 2.30. The molecule has 110 valence electrons. The summed E-state index contributed by atoms with van der Waals surface area (Å²) in [5.74, 6) is 0.217. The lowest BCUT2D eigenvalue weighted by molar-refractivity contribution is -0.131. The van der Waals surface area contributed by atoms with Gasteiger partial charge in [-0.25, -0.2) is 0 Å². The molecule has 0 fully saturated rings. The average molecular weight is 301 g/mol. The van der Waals surface area contributed by atoms with Crippen molar-refractivity contribution in [1.29, 1.82) is 0 Å². The maximum Gasteiger partial charge on any atom is 0.223 e. The molecule has 0 aliphatic carbocycles. The third-order valence-electron chi connectivity index (χ3n) is 3.90. The Morgan fingerprint density at radius 3 is 2.86 bits per heavy atom. The molecule has 1 aromatic heterocycles. The standard InChI is InChI=1S/C17H19NO2S/c1-2-4-16(19)18-10-13-7-6-12(9-14(13)11-18)17(20)15-5-3-8-21-15/h3,5-9,17,20H,2,4,10-11H2,1H3. The molecule has 0 saturated carbocycles. The van der Waals surface area contributed by atoms with Crippen LogP contribution in [0.5, 0.6) is 0 Å². The average Bonchev–Trinajstić information content (AvgIpc) is 3.15. The minimum Gasteiger partial charge on any atom is -0.383 e. The highest BCUT2D eigenvalue weighted by molar-refractivity contribution is 7.10. The van der Waals surface area contributed by atoms with E-state index in [1.54, 1.807) is 11.3 Å². The van der Waals surface area contributed by atoms with Crippen molar-refractivity contribution in [2.75, 3.05) is 0 Å². The summed E-state index contributed by atoms with van der Waals surface area (Å²) in [6.07, 6.45) is 0.919. The quantitative estimate of drug-likeness (QED) is 0.939. The maximum atomic E-state index is 12.0. The second-order valence-corrected chi connectivity index (χ2v) is 6.43. The lowest BCUT2D eigenvalue weighted by Gasteiger charge is -2.14. The van der Waals surface area contributed by atoms with Gasteiger partial charge in [-0.2, -0.15) is 0 Å². The zero-order chi connectivity index (χ0) is 14.8. The zero-order valence-corrected chi connectivity index (χ0v) is 12.9. The summed E-state index contributed by atoms with van der Waals surface area (Å²) >= 11 is 1.56. The van der Waals surface area contributed by atoms with Crippen LogP contribution < -0.4 is 0 Å². The van der Waals surface area contributed by atoms with E-state index in [1.807, 2.05) is 47.5 Å². The van der Waals surface area contributed by atoms with Crippen LogP contribution in [0.3, 0.4) is 0 Å². The van der Waals surface area contributed by atoms with E-state index in [1.165, 1.54) is 5.56 Å². The van der Waals surface area contributed by atoms with Crippen LogP contribution in [-0.4, -0.2) is 15.9 Å². The van der Waals surface area contributed by atoms with Crippen LogP contribution in [0.25, 0.3) is 0 Å². The van der Waals surface area contributed by atoms with E-state index in [-0.39, 0.29) is 5.91 Å². The Bertz CT molecular complexity index is 636. The predicted octanol–water partition coefficient (Wildman–Crippen LogP) is 3.47. The second-order valence-electron chi connectivity index (χ2n) is 5.45. The number of hydrogen-bond donors (Lipinski definition) is 1. The Balaban J connectivity index is 1.79. The van der Waals surface area contributed by atoms with Crippen molar-refractivity contribution in [1.82, 2.24) is 4.90 Å². The van der Waals surface area contributed by atoms with Gasteiger partial charge in [0.15, 0.2) is 0 Å². The number of nitrogens with zero attached hydrogens (tertiary/aromatic N) is 1. The van der Waals surface area contributed by atoms with Gasteiger partial charge in [0.25, 0.3) is 0 Å². The number of aliphatic hydroxyl groups is 1. The first-order chi connectivity index (χ1) is 10.2. The Labute approximate surface area is 128 Å². The minimum atomic E-state index is -0.573. The molecule has 1 atom stereocenters.